The van der Waals surface area contributed by atoms with E-state index in [4.69, 9.17) is 4.74 Å². The van der Waals surface area contributed by atoms with Crippen LogP contribution in [0.25, 0.3) is 0 Å². The summed E-state index contributed by atoms with van der Waals surface area (Å²) in [5, 5.41) is 5.87. The van der Waals surface area contributed by atoms with E-state index in [1.54, 1.807) is 12.1 Å². The number of rotatable bonds is 3. The maximum absolute atomic E-state index is 12.0. The molecule has 7 nitrogen and oxygen atoms in total. The Morgan fingerprint density at radius 2 is 2.16 bits per heavy atom. The van der Waals surface area contributed by atoms with E-state index in [-0.39, 0.29) is 16.3 Å². The van der Waals surface area contributed by atoms with Crippen LogP contribution in [-0.4, -0.2) is 33.5 Å². The first-order valence-corrected chi connectivity index (χ1v) is 7.04. The molecule has 1 aromatic carbocycles. The van der Waals surface area contributed by atoms with Crippen molar-refractivity contribution in [3.8, 4) is 5.75 Å². The SMILES string of the molecule is CCCNC1=NS(=O)(=O)c2cc(OC)ccc2N1.O. The smallest absolute Gasteiger partial charge is 0.287 e. The average molecular weight is 287 g/mol. The number of benzene rings is 1. The van der Waals surface area contributed by atoms with Gasteiger partial charge in [-0.25, -0.2) is 0 Å². The number of nitrogens with one attached hydrogen (secondary N) is 2. The topological polar surface area (TPSA) is 111 Å². The standard InChI is InChI=1S/C11H15N3O3S.H2O/c1-3-6-12-11-13-9-5-4-8(17-2)7-10(9)18(15,16)14-11;/h4-5,7H,3,6H2,1-2H3,(H2,12,13,14);1H2. The minimum atomic E-state index is -3.67. The van der Waals surface area contributed by atoms with E-state index in [0.29, 0.717) is 18.0 Å². The molecule has 1 aliphatic rings. The Kier molecular flexibility index (Phi) is 4.73. The number of methoxy groups -OCH3 is 1. The van der Waals surface area contributed by atoms with Crippen molar-refractivity contribution in [3.05, 3.63) is 18.2 Å². The van der Waals surface area contributed by atoms with Gasteiger partial charge in [-0.1, -0.05) is 6.92 Å². The third-order valence-electron chi connectivity index (χ3n) is 2.47. The van der Waals surface area contributed by atoms with Gasteiger partial charge in [0.15, 0.2) is 0 Å². The lowest BCUT2D eigenvalue weighted by molar-refractivity contribution is 0.413. The Morgan fingerprint density at radius 3 is 2.79 bits per heavy atom. The van der Waals surface area contributed by atoms with Gasteiger partial charge in [0.25, 0.3) is 10.0 Å². The third-order valence-corrected chi connectivity index (χ3v) is 3.79. The zero-order chi connectivity index (χ0) is 13.2. The van der Waals surface area contributed by atoms with Crippen molar-refractivity contribution in [1.29, 1.82) is 0 Å². The Hall–Kier alpha value is -1.80. The second-order valence-corrected chi connectivity index (χ2v) is 5.40. The Morgan fingerprint density at radius 1 is 1.42 bits per heavy atom. The van der Waals surface area contributed by atoms with Gasteiger partial charge in [-0.3, -0.25) is 0 Å². The number of hydrogen-bond donors (Lipinski definition) is 2. The van der Waals surface area contributed by atoms with Crippen LogP contribution >= 0.6 is 0 Å². The molecule has 0 bridgehead atoms. The second-order valence-electron chi connectivity index (χ2n) is 3.83. The maximum atomic E-state index is 12.0. The van der Waals surface area contributed by atoms with Gasteiger partial charge in [-0.2, -0.15) is 8.42 Å². The summed E-state index contributed by atoms with van der Waals surface area (Å²) in [6.45, 7) is 2.65. The fourth-order valence-corrected chi connectivity index (χ4v) is 2.70. The van der Waals surface area contributed by atoms with E-state index in [9.17, 15) is 8.42 Å². The number of nitrogens with zero attached hydrogens (tertiary/aromatic N) is 1. The van der Waals surface area contributed by atoms with Crippen LogP contribution in [0.1, 0.15) is 13.3 Å². The van der Waals surface area contributed by atoms with Gasteiger partial charge in [-0.15, -0.1) is 4.40 Å². The van der Waals surface area contributed by atoms with Crippen LogP contribution in [0.4, 0.5) is 5.69 Å². The molecule has 0 spiro atoms. The summed E-state index contributed by atoms with van der Waals surface area (Å²) in [4.78, 5) is 0.129. The number of hydrogen-bond acceptors (Lipinski definition) is 5. The van der Waals surface area contributed by atoms with Gasteiger partial charge in [-0.05, 0) is 18.6 Å². The molecular weight excluding hydrogens is 270 g/mol. The van der Waals surface area contributed by atoms with Crippen molar-refractivity contribution < 1.29 is 18.6 Å². The molecule has 1 aliphatic heterocycles. The molecule has 106 valence electrons. The van der Waals surface area contributed by atoms with E-state index < -0.39 is 10.0 Å². The Balaban J connectivity index is 0.00000180. The molecule has 1 aromatic rings. The van der Waals surface area contributed by atoms with E-state index >= 15 is 0 Å². The summed E-state index contributed by atoms with van der Waals surface area (Å²) < 4.78 is 32.7. The molecule has 19 heavy (non-hydrogen) atoms. The van der Waals surface area contributed by atoms with E-state index in [1.807, 2.05) is 6.92 Å². The normalized spacial score (nSPS) is 15.4. The van der Waals surface area contributed by atoms with Crippen LogP contribution in [0, 0.1) is 0 Å². The van der Waals surface area contributed by atoms with Crippen LogP contribution in [0.15, 0.2) is 27.5 Å². The molecule has 0 saturated heterocycles. The quantitative estimate of drug-likeness (QED) is 0.832. The van der Waals surface area contributed by atoms with Crippen LogP contribution in [0.2, 0.25) is 0 Å². The van der Waals surface area contributed by atoms with Crippen molar-refractivity contribution >= 4 is 21.7 Å². The van der Waals surface area contributed by atoms with E-state index in [2.05, 4.69) is 15.0 Å². The van der Waals surface area contributed by atoms with Gasteiger partial charge < -0.3 is 20.8 Å². The molecule has 0 fully saturated rings. The molecule has 0 aliphatic carbocycles. The fraction of sp³-hybridized carbons (Fsp3) is 0.364. The monoisotopic (exact) mass is 287 g/mol. The number of anilines is 1. The average Bonchev–Trinajstić information content (AvgIpc) is 2.35. The first-order chi connectivity index (χ1) is 8.56. The highest BCUT2D eigenvalue weighted by atomic mass is 32.2. The lowest BCUT2D eigenvalue weighted by atomic mass is 10.3. The van der Waals surface area contributed by atoms with Crippen molar-refractivity contribution in [3.63, 3.8) is 0 Å². The summed E-state index contributed by atoms with van der Waals surface area (Å²) in [7, 11) is -2.18. The first kappa shape index (κ1) is 15.3. The number of guanidine groups is 1. The second kappa shape index (κ2) is 5.89. The number of sulfonamides is 1. The lowest BCUT2D eigenvalue weighted by Gasteiger charge is -2.19. The van der Waals surface area contributed by atoms with Gasteiger partial charge in [0, 0.05) is 12.6 Å². The molecule has 0 radical (unpaired) electrons. The van der Waals surface area contributed by atoms with Crippen molar-refractivity contribution in [2.75, 3.05) is 19.0 Å². The van der Waals surface area contributed by atoms with Gasteiger partial charge in [0.2, 0.25) is 5.96 Å². The predicted octanol–water partition coefficient (Wildman–Crippen LogP) is 0.340. The summed E-state index contributed by atoms with van der Waals surface area (Å²) >= 11 is 0. The minimum Gasteiger partial charge on any atom is -0.497 e. The summed E-state index contributed by atoms with van der Waals surface area (Å²) in [6, 6.07) is 4.82. The summed E-state index contributed by atoms with van der Waals surface area (Å²) in [5.74, 6) is 0.744. The predicted molar refractivity (Wildman–Crippen MR) is 73.1 cm³/mol. The zero-order valence-corrected chi connectivity index (χ0v) is 11.5. The van der Waals surface area contributed by atoms with Crippen molar-refractivity contribution in [2.45, 2.75) is 18.2 Å². The Labute approximate surface area is 112 Å². The van der Waals surface area contributed by atoms with Gasteiger partial charge in [0.1, 0.15) is 10.6 Å². The molecule has 0 unspecified atom stereocenters. The first-order valence-electron chi connectivity index (χ1n) is 5.60. The molecule has 1 heterocycles. The molecule has 0 saturated carbocycles. The molecule has 0 aromatic heterocycles. The number of fused-ring (bicyclic) bond motifs is 1. The van der Waals surface area contributed by atoms with Crippen LogP contribution < -0.4 is 15.4 Å². The molecule has 4 N–H and O–H groups in total. The lowest BCUT2D eigenvalue weighted by Crippen LogP contribution is -2.35. The van der Waals surface area contributed by atoms with E-state index in [0.717, 1.165) is 6.42 Å². The molecule has 0 atom stereocenters. The summed E-state index contributed by atoms with van der Waals surface area (Å²) in [6.07, 6.45) is 0.885. The fourth-order valence-electron chi connectivity index (χ4n) is 1.59. The Bertz CT molecular complexity index is 584. The highest BCUT2D eigenvalue weighted by Gasteiger charge is 2.25. The molecule has 2 rings (SSSR count). The maximum Gasteiger partial charge on any atom is 0.287 e. The number of ether oxygens (including phenoxy) is 1. The van der Waals surface area contributed by atoms with Crippen LogP contribution in [0.3, 0.4) is 0 Å². The largest absolute Gasteiger partial charge is 0.497 e. The summed E-state index contributed by atoms with van der Waals surface area (Å²) in [5.41, 5.74) is 0.504. The minimum absolute atomic E-state index is 0. The van der Waals surface area contributed by atoms with Crippen molar-refractivity contribution in [1.82, 2.24) is 5.32 Å². The molecule has 0 amide bonds. The zero-order valence-electron chi connectivity index (χ0n) is 10.7. The van der Waals surface area contributed by atoms with Crippen molar-refractivity contribution in [2.24, 2.45) is 4.40 Å². The highest BCUT2D eigenvalue weighted by molar-refractivity contribution is 7.90. The van der Waals surface area contributed by atoms with Crippen LogP contribution in [0.5, 0.6) is 5.75 Å². The van der Waals surface area contributed by atoms with E-state index in [1.165, 1.54) is 13.2 Å². The third kappa shape index (κ3) is 3.15. The molecule has 8 heteroatoms. The highest BCUT2D eigenvalue weighted by Crippen LogP contribution is 2.30. The van der Waals surface area contributed by atoms with Crippen LogP contribution in [-0.2, 0) is 10.0 Å². The van der Waals surface area contributed by atoms with Gasteiger partial charge in [0.05, 0.1) is 12.8 Å². The molecular formula is C11H17N3O4S. The van der Waals surface area contributed by atoms with Gasteiger partial charge >= 0.3 is 0 Å².